The molecule has 0 unspecified atom stereocenters. The van der Waals surface area contributed by atoms with E-state index in [0.29, 0.717) is 43.8 Å². The standard InChI is InChI=1S/C27H24BrCl2N3O3/c1-4-16(2)26-32-23-10-9-19(28)12-21(23)27(34)33(26)31-14-18-11-20(29)13-24(35-3)25(18)36-15-17-7-5-6-8-22(17)30/h5-14,16H,4,15H2,1-3H3/t16-/m1/s1. The van der Waals surface area contributed by atoms with Crippen molar-refractivity contribution in [2.24, 2.45) is 5.10 Å². The topological polar surface area (TPSA) is 65.7 Å². The highest BCUT2D eigenvalue weighted by Crippen LogP contribution is 2.35. The Morgan fingerprint density at radius 1 is 1.17 bits per heavy atom. The lowest BCUT2D eigenvalue weighted by Gasteiger charge is -2.16. The third-order valence-electron chi connectivity index (χ3n) is 5.80. The lowest BCUT2D eigenvalue weighted by Crippen LogP contribution is -2.23. The van der Waals surface area contributed by atoms with Crippen LogP contribution in [0.3, 0.4) is 0 Å². The lowest BCUT2D eigenvalue weighted by atomic mass is 10.1. The van der Waals surface area contributed by atoms with Gasteiger partial charge in [0.25, 0.3) is 5.56 Å². The molecular formula is C27H24BrCl2N3O3. The summed E-state index contributed by atoms with van der Waals surface area (Å²) in [5, 5.41) is 6.06. The van der Waals surface area contributed by atoms with Gasteiger partial charge in [0, 0.05) is 37.6 Å². The lowest BCUT2D eigenvalue weighted by molar-refractivity contribution is 0.284. The van der Waals surface area contributed by atoms with Crippen molar-refractivity contribution >= 4 is 56.2 Å². The van der Waals surface area contributed by atoms with E-state index >= 15 is 0 Å². The maximum absolute atomic E-state index is 13.5. The SMILES string of the molecule is CC[C@@H](C)c1nc2ccc(Br)cc2c(=O)n1N=Cc1cc(Cl)cc(OC)c1OCc1ccccc1Cl. The minimum atomic E-state index is -0.264. The molecule has 6 nitrogen and oxygen atoms in total. The van der Waals surface area contributed by atoms with Crippen LogP contribution in [0.25, 0.3) is 10.9 Å². The molecule has 0 spiro atoms. The number of halogens is 3. The van der Waals surface area contributed by atoms with Gasteiger partial charge in [-0.15, -0.1) is 0 Å². The summed E-state index contributed by atoms with van der Waals surface area (Å²) in [6, 6.07) is 16.2. The average molecular weight is 589 g/mol. The van der Waals surface area contributed by atoms with Crippen LogP contribution in [0.2, 0.25) is 10.0 Å². The summed E-state index contributed by atoms with van der Waals surface area (Å²) in [5.74, 6) is 1.44. The maximum Gasteiger partial charge on any atom is 0.282 e. The Balaban J connectivity index is 1.82. The van der Waals surface area contributed by atoms with Crippen LogP contribution in [0.5, 0.6) is 11.5 Å². The molecule has 0 radical (unpaired) electrons. The van der Waals surface area contributed by atoms with Crippen molar-refractivity contribution in [2.75, 3.05) is 7.11 Å². The van der Waals surface area contributed by atoms with Gasteiger partial charge in [0.1, 0.15) is 12.4 Å². The number of benzene rings is 3. The average Bonchev–Trinajstić information content (AvgIpc) is 2.87. The van der Waals surface area contributed by atoms with Crippen LogP contribution in [0.1, 0.15) is 43.1 Å². The van der Waals surface area contributed by atoms with Crippen molar-refractivity contribution in [3.63, 3.8) is 0 Å². The summed E-state index contributed by atoms with van der Waals surface area (Å²) < 4.78 is 13.8. The summed E-state index contributed by atoms with van der Waals surface area (Å²) in [6.07, 6.45) is 2.33. The summed E-state index contributed by atoms with van der Waals surface area (Å²) in [4.78, 5) is 18.2. The third kappa shape index (κ3) is 5.59. The quantitative estimate of drug-likeness (QED) is 0.200. The Morgan fingerprint density at radius 2 is 1.94 bits per heavy atom. The number of ether oxygens (including phenoxy) is 2. The molecule has 1 heterocycles. The zero-order valence-electron chi connectivity index (χ0n) is 20.0. The van der Waals surface area contributed by atoms with Gasteiger partial charge in [0.2, 0.25) is 0 Å². The van der Waals surface area contributed by atoms with E-state index in [4.69, 9.17) is 37.7 Å². The molecule has 0 aliphatic rings. The fraction of sp³-hybridized carbons (Fsp3) is 0.222. The molecule has 0 bridgehead atoms. The second kappa shape index (κ2) is 11.5. The van der Waals surface area contributed by atoms with Gasteiger partial charge in [0.15, 0.2) is 11.5 Å². The van der Waals surface area contributed by atoms with Crippen molar-refractivity contribution in [2.45, 2.75) is 32.8 Å². The van der Waals surface area contributed by atoms with E-state index in [2.05, 4.69) is 21.0 Å². The molecule has 4 aromatic rings. The number of hydrogen-bond acceptors (Lipinski definition) is 5. The van der Waals surface area contributed by atoms with Crippen LogP contribution in [0.4, 0.5) is 0 Å². The molecule has 0 saturated heterocycles. The molecule has 9 heteroatoms. The normalized spacial score (nSPS) is 12.3. The molecule has 3 aromatic carbocycles. The Labute approximate surface area is 227 Å². The highest BCUT2D eigenvalue weighted by Gasteiger charge is 2.17. The first-order chi connectivity index (χ1) is 17.3. The minimum Gasteiger partial charge on any atom is -0.493 e. The van der Waals surface area contributed by atoms with Crippen LogP contribution in [-0.4, -0.2) is 23.0 Å². The second-order valence-electron chi connectivity index (χ2n) is 8.21. The van der Waals surface area contributed by atoms with Gasteiger partial charge in [-0.05, 0) is 36.8 Å². The number of rotatable bonds is 8. The highest BCUT2D eigenvalue weighted by molar-refractivity contribution is 9.10. The van der Waals surface area contributed by atoms with Crippen LogP contribution in [-0.2, 0) is 6.61 Å². The summed E-state index contributed by atoms with van der Waals surface area (Å²) >= 11 is 16.1. The van der Waals surface area contributed by atoms with Gasteiger partial charge in [0.05, 0.1) is 24.2 Å². The first-order valence-corrected chi connectivity index (χ1v) is 12.9. The smallest absolute Gasteiger partial charge is 0.282 e. The number of nitrogens with zero attached hydrogens (tertiary/aromatic N) is 3. The Hall–Kier alpha value is -2.87. The van der Waals surface area contributed by atoms with Crippen molar-refractivity contribution < 1.29 is 9.47 Å². The van der Waals surface area contributed by atoms with E-state index in [9.17, 15) is 4.79 Å². The van der Waals surface area contributed by atoms with Crippen LogP contribution < -0.4 is 15.0 Å². The minimum absolute atomic E-state index is 0.00716. The van der Waals surface area contributed by atoms with Gasteiger partial charge in [-0.2, -0.15) is 9.78 Å². The van der Waals surface area contributed by atoms with Gasteiger partial charge in [-0.3, -0.25) is 4.79 Å². The Bertz CT molecular complexity index is 1500. The molecule has 0 amide bonds. The predicted molar refractivity (Wildman–Crippen MR) is 149 cm³/mol. The predicted octanol–water partition coefficient (Wildman–Crippen LogP) is 7.45. The molecule has 4 rings (SSSR count). The van der Waals surface area contributed by atoms with E-state index in [-0.39, 0.29) is 18.1 Å². The van der Waals surface area contributed by atoms with E-state index < -0.39 is 0 Å². The largest absolute Gasteiger partial charge is 0.493 e. The van der Waals surface area contributed by atoms with Crippen LogP contribution in [0, 0.1) is 0 Å². The zero-order chi connectivity index (χ0) is 25.8. The van der Waals surface area contributed by atoms with E-state index in [0.717, 1.165) is 16.5 Å². The Kier molecular flexibility index (Phi) is 8.34. The zero-order valence-corrected chi connectivity index (χ0v) is 23.1. The fourth-order valence-electron chi connectivity index (χ4n) is 3.66. The summed E-state index contributed by atoms with van der Waals surface area (Å²) in [5.41, 5.74) is 1.72. The number of hydrogen-bond donors (Lipinski definition) is 0. The molecule has 0 fully saturated rings. The van der Waals surface area contributed by atoms with Crippen molar-refractivity contribution in [1.29, 1.82) is 0 Å². The summed E-state index contributed by atoms with van der Waals surface area (Å²) in [6.45, 7) is 4.26. The third-order valence-corrected chi connectivity index (χ3v) is 6.88. The van der Waals surface area contributed by atoms with Gasteiger partial charge < -0.3 is 9.47 Å². The summed E-state index contributed by atoms with van der Waals surface area (Å²) in [7, 11) is 1.53. The number of aromatic nitrogens is 2. The van der Waals surface area contributed by atoms with E-state index in [1.165, 1.54) is 18.0 Å². The molecule has 0 aliphatic heterocycles. The van der Waals surface area contributed by atoms with Crippen LogP contribution in [0.15, 0.2) is 69.0 Å². The number of fused-ring (bicyclic) bond motifs is 1. The first kappa shape index (κ1) is 26.2. The van der Waals surface area contributed by atoms with Gasteiger partial charge in [-0.25, -0.2) is 4.98 Å². The molecule has 0 aliphatic carbocycles. The van der Waals surface area contributed by atoms with E-state index in [1.807, 2.05) is 44.2 Å². The van der Waals surface area contributed by atoms with E-state index in [1.54, 1.807) is 24.3 Å². The molecule has 36 heavy (non-hydrogen) atoms. The van der Waals surface area contributed by atoms with Crippen molar-refractivity contribution in [3.8, 4) is 11.5 Å². The monoisotopic (exact) mass is 587 g/mol. The highest BCUT2D eigenvalue weighted by atomic mass is 79.9. The number of methoxy groups -OCH3 is 1. The molecule has 186 valence electrons. The van der Waals surface area contributed by atoms with Crippen molar-refractivity contribution in [1.82, 2.24) is 9.66 Å². The maximum atomic E-state index is 13.5. The first-order valence-electron chi connectivity index (χ1n) is 11.3. The molecular weight excluding hydrogens is 565 g/mol. The molecule has 0 saturated carbocycles. The second-order valence-corrected chi connectivity index (χ2v) is 9.97. The van der Waals surface area contributed by atoms with Crippen LogP contribution >= 0.6 is 39.1 Å². The Morgan fingerprint density at radius 3 is 2.67 bits per heavy atom. The van der Waals surface area contributed by atoms with Gasteiger partial charge >= 0.3 is 0 Å². The molecule has 0 N–H and O–H groups in total. The van der Waals surface area contributed by atoms with Crippen molar-refractivity contribution in [3.05, 3.63) is 96.4 Å². The molecule has 1 atom stereocenters. The van der Waals surface area contributed by atoms with Gasteiger partial charge in [-0.1, -0.05) is 71.2 Å². The molecule has 1 aromatic heterocycles. The fourth-order valence-corrected chi connectivity index (χ4v) is 4.42.